The van der Waals surface area contributed by atoms with Crippen molar-refractivity contribution in [1.82, 2.24) is 10.2 Å². The third-order valence-corrected chi connectivity index (χ3v) is 4.85. The molecule has 1 aromatic carbocycles. The Labute approximate surface area is 209 Å². The minimum atomic E-state index is -0.957. The minimum absolute atomic E-state index is 0.0464. The van der Waals surface area contributed by atoms with E-state index in [-0.39, 0.29) is 31.5 Å². The Morgan fingerprint density at radius 2 is 1.26 bits per heavy atom. The average molecular weight is 497 g/mol. The zero-order valence-electron chi connectivity index (χ0n) is 21.9. The Balaban J connectivity index is 0. The van der Waals surface area contributed by atoms with Crippen LogP contribution in [0.15, 0.2) is 24.3 Å². The van der Waals surface area contributed by atoms with Crippen LogP contribution in [0.25, 0.3) is 0 Å². The highest BCUT2D eigenvalue weighted by Gasteiger charge is 2.24. The Morgan fingerprint density at radius 3 is 1.66 bits per heavy atom. The van der Waals surface area contributed by atoms with Crippen LogP contribution in [0.5, 0.6) is 0 Å². The highest BCUT2D eigenvalue weighted by Crippen LogP contribution is 2.22. The molecule has 1 fully saturated rings. The number of nitrogens with zero attached hydrogens (tertiary/aromatic N) is 1. The number of hydrogen-bond donors (Lipinski definition) is 4. The van der Waals surface area contributed by atoms with Gasteiger partial charge in [0.15, 0.2) is 0 Å². The third-order valence-electron chi connectivity index (χ3n) is 4.85. The van der Waals surface area contributed by atoms with Crippen LogP contribution in [0.2, 0.25) is 0 Å². The fourth-order valence-electron chi connectivity index (χ4n) is 3.48. The Morgan fingerprint density at radius 1 is 0.800 bits per heavy atom. The molecule has 0 saturated heterocycles. The van der Waals surface area contributed by atoms with E-state index in [1.807, 2.05) is 52.0 Å². The number of nitrogens with one attached hydrogen (secondary N) is 1. The van der Waals surface area contributed by atoms with E-state index in [4.69, 9.17) is 15.3 Å². The molecule has 9 heteroatoms. The van der Waals surface area contributed by atoms with Crippen molar-refractivity contribution >= 4 is 23.7 Å². The first-order valence-electron chi connectivity index (χ1n) is 12.3. The molecule has 0 radical (unpaired) electrons. The molecular weight excluding hydrogens is 452 g/mol. The minimum Gasteiger partial charge on any atom is -0.480 e. The van der Waals surface area contributed by atoms with E-state index in [0.29, 0.717) is 13.0 Å². The second kappa shape index (κ2) is 21.7. The zero-order chi connectivity index (χ0) is 27.2. The lowest BCUT2D eigenvalue weighted by Gasteiger charge is -2.31. The van der Waals surface area contributed by atoms with Crippen LogP contribution in [0, 0.1) is 0 Å². The van der Waals surface area contributed by atoms with Crippen molar-refractivity contribution in [3.63, 3.8) is 0 Å². The lowest BCUT2D eigenvalue weighted by Crippen LogP contribution is -2.43. The molecule has 0 amide bonds. The first-order valence-corrected chi connectivity index (χ1v) is 12.3. The van der Waals surface area contributed by atoms with E-state index < -0.39 is 17.9 Å². The summed E-state index contributed by atoms with van der Waals surface area (Å²) in [6.07, 6.45) is 5.59. The van der Waals surface area contributed by atoms with E-state index in [2.05, 4.69) is 5.32 Å². The SMILES string of the molecule is CC.CC.CC(=O)Cc1ccc(CNCC(=O)O)cc1.O=C(O)CN(CC(=O)O)C1CCCCC1. The van der Waals surface area contributed by atoms with Crippen molar-refractivity contribution in [2.24, 2.45) is 0 Å². The largest absolute Gasteiger partial charge is 0.480 e. The van der Waals surface area contributed by atoms with Gasteiger partial charge in [-0.25, -0.2) is 0 Å². The molecule has 1 aromatic rings. The number of carboxylic acid groups (broad SMARTS) is 3. The summed E-state index contributed by atoms with van der Waals surface area (Å²) in [5.41, 5.74) is 1.99. The van der Waals surface area contributed by atoms with E-state index in [0.717, 1.165) is 36.8 Å². The van der Waals surface area contributed by atoms with E-state index >= 15 is 0 Å². The lowest BCUT2D eigenvalue weighted by molar-refractivity contribution is -0.143. The van der Waals surface area contributed by atoms with Gasteiger partial charge in [0.05, 0.1) is 19.6 Å². The molecule has 0 bridgehead atoms. The maximum Gasteiger partial charge on any atom is 0.317 e. The van der Waals surface area contributed by atoms with Crippen LogP contribution in [-0.4, -0.2) is 69.6 Å². The number of Topliss-reactive ketones (excluding diaryl/α,β-unsaturated/α-hetero) is 1. The van der Waals surface area contributed by atoms with Gasteiger partial charge in [-0.15, -0.1) is 0 Å². The van der Waals surface area contributed by atoms with Crippen molar-refractivity contribution in [3.05, 3.63) is 35.4 Å². The van der Waals surface area contributed by atoms with Gasteiger partial charge in [0.2, 0.25) is 0 Å². The monoisotopic (exact) mass is 496 g/mol. The molecule has 9 nitrogen and oxygen atoms in total. The van der Waals surface area contributed by atoms with Gasteiger partial charge in [-0.2, -0.15) is 0 Å². The molecule has 1 aliphatic rings. The Hall–Kier alpha value is -2.78. The predicted octanol–water partition coefficient (Wildman–Crippen LogP) is 3.84. The highest BCUT2D eigenvalue weighted by atomic mass is 16.4. The number of carbonyl (C=O) groups is 4. The molecule has 0 heterocycles. The van der Waals surface area contributed by atoms with Crippen LogP contribution >= 0.6 is 0 Å². The molecule has 0 atom stereocenters. The number of ketones is 1. The lowest BCUT2D eigenvalue weighted by atomic mass is 9.94. The van der Waals surface area contributed by atoms with Gasteiger partial charge in [-0.05, 0) is 30.9 Å². The van der Waals surface area contributed by atoms with E-state index in [1.165, 1.54) is 6.42 Å². The second-order valence-corrected chi connectivity index (χ2v) is 7.68. The number of carboxylic acids is 3. The highest BCUT2D eigenvalue weighted by molar-refractivity contribution is 5.78. The van der Waals surface area contributed by atoms with Crippen LogP contribution < -0.4 is 5.32 Å². The summed E-state index contributed by atoms with van der Waals surface area (Å²) in [6, 6.07) is 7.70. The van der Waals surface area contributed by atoms with Crippen molar-refractivity contribution in [2.75, 3.05) is 19.6 Å². The maximum atomic E-state index is 10.9. The Bertz CT molecular complexity index is 714. The van der Waals surface area contributed by atoms with Crippen molar-refractivity contribution in [2.45, 2.75) is 85.7 Å². The van der Waals surface area contributed by atoms with Crippen LogP contribution in [0.1, 0.15) is 77.8 Å². The molecule has 1 aliphatic carbocycles. The summed E-state index contributed by atoms with van der Waals surface area (Å²) in [5.74, 6) is -2.64. The topological polar surface area (TPSA) is 144 Å². The van der Waals surface area contributed by atoms with Gasteiger partial charge in [0.25, 0.3) is 0 Å². The first-order chi connectivity index (χ1) is 16.7. The van der Waals surface area contributed by atoms with Gasteiger partial charge in [-0.3, -0.25) is 24.1 Å². The quantitative estimate of drug-likeness (QED) is 0.359. The molecule has 0 aliphatic heterocycles. The van der Waals surface area contributed by atoms with Crippen molar-refractivity contribution < 1.29 is 34.5 Å². The van der Waals surface area contributed by atoms with Gasteiger partial charge in [0, 0.05) is 19.0 Å². The van der Waals surface area contributed by atoms with Crippen molar-refractivity contribution in [1.29, 1.82) is 0 Å². The fourth-order valence-corrected chi connectivity index (χ4v) is 3.48. The summed E-state index contributed by atoms with van der Waals surface area (Å²) in [7, 11) is 0. The summed E-state index contributed by atoms with van der Waals surface area (Å²) >= 11 is 0. The normalized spacial score (nSPS) is 12.6. The molecule has 35 heavy (non-hydrogen) atoms. The second-order valence-electron chi connectivity index (χ2n) is 7.68. The van der Waals surface area contributed by atoms with E-state index in [1.54, 1.807) is 11.8 Å². The molecule has 0 unspecified atom stereocenters. The standard InChI is InChI=1S/C12H15NO3.C10H17NO4.2C2H6/c1-9(14)6-10-2-4-11(5-3-10)7-13-8-12(15)16;12-9(13)6-11(7-10(14)15)8-4-2-1-3-5-8;2*1-2/h2-5,13H,6-8H2,1H3,(H,15,16);8H,1-7H2,(H,12,13)(H,14,15);2*1-2H3. The van der Waals surface area contributed by atoms with Gasteiger partial charge >= 0.3 is 17.9 Å². The Kier molecular flexibility index (Phi) is 21.4. The summed E-state index contributed by atoms with van der Waals surface area (Å²) in [6.45, 7) is 9.69. The molecule has 0 spiro atoms. The molecule has 0 aromatic heterocycles. The zero-order valence-corrected chi connectivity index (χ0v) is 21.9. The number of aliphatic carboxylic acids is 3. The summed E-state index contributed by atoms with van der Waals surface area (Å²) < 4.78 is 0. The number of benzene rings is 1. The molecule has 4 N–H and O–H groups in total. The molecule has 2 rings (SSSR count). The summed E-state index contributed by atoms with van der Waals surface area (Å²) in [4.78, 5) is 43.9. The fraction of sp³-hybridized carbons (Fsp3) is 0.615. The predicted molar refractivity (Wildman–Crippen MR) is 137 cm³/mol. The first kappa shape index (κ1) is 34.4. The van der Waals surface area contributed by atoms with Crippen LogP contribution in [-0.2, 0) is 32.1 Å². The average Bonchev–Trinajstić information content (AvgIpc) is 2.82. The van der Waals surface area contributed by atoms with Gasteiger partial charge in [-0.1, -0.05) is 71.2 Å². The van der Waals surface area contributed by atoms with Crippen LogP contribution in [0.4, 0.5) is 0 Å². The number of hydrogen-bond acceptors (Lipinski definition) is 6. The van der Waals surface area contributed by atoms with Gasteiger partial charge < -0.3 is 20.6 Å². The third kappa shape index (κ3) is 19.2. The molecule has 200 valence electrons. The molecular formula is C26H44N2O7. The summed E-state index contributed by atoms with van der Waals surface area (Å²) in [5, 5.41) is 28.6. The smallest absolute Gasteiger partial charge is 0.317 e. The van der Waals surface area contributed by atoms with Crippen LogP contribution in [0.3, 0.4) is 0 Å². The maximum absolute atomic E-state index is 10.9. The number of rotatable bonds is 11. The molecule has 1 saturated carbocycles. The number of carbonyl (C=O) groups excluding carboxylic acids is 1. The van der Waals surface area contributed by atoms with Crippen molar-refractivity contribution in [3.8, 4) is 0 Å². The van der Waals surface area contributed by atoms with E-state index in [9.17, 15) is 19.2 Å². The van der Waals surface area contributed by atoms with Gasteiger partial charge in [0.1, 0.15) is 5.78 Å².